The molecule has 18 heavy (non-hydrogen) atoms. The summed E-state index contributed by atoms with van der Waals surface area (Å²) in [5, 5.41) is 0. The van der Waals surface area contributed by atoms with Crippen molar-refractivity contribution < 1.29 is 0 Å². The highest BCUT2D eigenvalue weighted by Crippen LogP contribution is 2.21. The fourth-order valence-corrected chi connectivity index (χ4v) is 1.47. The summed E-state index contributed by atoms with van der Waals surface area (Å²) in [6.45, 7) is 1.17. The van der Waals surface area contributed by atoms with Crippen molar-refractivity contribution in [3.8, 4) is 0 Å². The van der Waals surface area contributed by atoms with E-state index in [9.17, 15) is 0 Å². The van der Waals surface area contributed by atoms with Crippen molar-refractivity contribution in [3.05, 3.63) is 23.3 Å². The monoisotopic (exact) mass is 338 g/mol. The van der Waals surface area contributed by atoms with Gasteiger partial charge in [-0.05, 0) is 49.2 Å². The average Bonchev–Trinajstić information content (AvgIpc) is 2.14. The molecule has 110 valence electrons. The van der Waals surface area contributed by atoms with Gasteiger partial charge in [0.2, 0.25) is 0 Å². The van der Waals surface area contributed by atoms with Crippen LogP contribution in [0.1, 0.15) is 11.1 Å². The Bertz CT molecular complexity index is 291. The quantitative estimate of drug-likeness (QED) is 0.624. The van der Waals surface area contributed by atoms with Crippen LogP contribution in [0.4, 0.5) is 11.4 Å². The zero-order chi connectivity index (χ0) is 10.6. The molecule has 0 aliphatic rings. The molecule has 8 N–H and O–H groups in total. The molecule has 1 rings (SSSR count). The minimum atomic E-state index is 0. The van der Waals surface area contributed by atoms with E-state index in [0.29, 0.717) is 13.1 Å². The Morgan fingerprint density at radius 2 is 0.944 bits per heavy atom. The highest BCUT2D eigenvalue weighted by atomic mass is 35.5. The van der Waals surface area contributed by atoms with Crippen LogP contribution in [0.3, 0.4) is 0 Å². The van der Waals surface area contributed by atoms with E-state index in [-0.39, 0.29) is 49.6 Å². The lowest BCUT2D eigenvalue weighted by atomic mass is 10.0. The molecule has 0 saturated heterocycles. The Kier molecular flexibility index (Phi) is 19.6. The Morgan fingerprint density at radius 1 is 0.667 bits per heavy atom. The van der Waals surface area contributed by atoms with E-state index in [0.717, 1.165) is 35.3 Å². The molecule has 1 aromatic rings. The van der Waals surface area contributed by atoms with Gasteiger partial charge in [-0.1, -0.05) is 0 Å². The molecule has 1 aromatic carbocycles. The van der Waals surface area contributed by atoms with Crippen LogP contribution in [0.25, 0.3) is 0 Å². The third-order valence-electron chi connectivity index (χ3n) is 2.23. The van der Waals surface area contributed by atoms with Crippen LogP contribution in [-0.4, -0.2) is 13.1 Å². The zero-order valence-corrected chi connectivity index (χ0v) is 13.2. The van der Waals surface area contributed by atoms with E-state index in [1.807, 2.05) is 12.1 Å². The van der Waals surface area contributed by atoms with Gasteiger partial charge in [0.05, 0.1) is 0 Å². The van der Waals surface area contributed by atoms with Gasteiger partial charge in [0.25, 0.3) is 0 Å². The second-order valence-corrected chi connectivity index (χ2v) is 3.33. The Labute approximate surface area is 133 Å². The predicted molar refractivity (Wildman–Crippen MR) is 89.8 cm³/mol. The van der Waals surface area contributed by atoms with Gasteiger partial charge < -0.3 is 22.9 Å². The number of benzene rings is 1. The lowest BCUT2D eigenvalue weighted by Gasteiger charge is -2.10. The van der Waals surface area contributed by atoms with Crippen LogP contribution >= 0.6 is 49.6 Å². The number of hydrogen-bond donors (Lipinski definition) is 4. The Morgan fingerprint density at radius 3 is 1.17 bits per heavy atom. The van der Waals surface area contributed by atoms with Gasteiger partial charge in [0.15, 0.2) is 0 Å². The molecule has 0 bridgehead atoms. The Hall–Kier alpha value is -0.100. The first kappa shape index (κ1) is 26.5. The maximum atomic E-state index is 5.85. The summed E-state index contributed by atoms with van der Waals surface area (Å²) in [6.07, 6.45) is 1.53. The van der Waals surface area contributed by atoms with E-state index >= 15 is 0 Å². The molecule has 0 aliphatic carbocycles. The van der Waals surface area contributed by atoms with Crippen LogP contribution in [0.2, 0.25) is 0 Å². The number of nitrogen functional groups attached to an aromatic ring is 2. The first-order valence-corrected chi connectivity index (χ1v) is 4.76. The molecule has 8 heteroatoms. The summed E-state index contributed by atoms with van der Waals surface area (Å²) in [5.41, 5.74) is 26.2. The smallest absolute Gasteiger partial charge is 0.0351 e. The molecule has 0 heterocycles. The molecule has 0 unspecified atom stereocenters. The molecule has 0 fully saturated rings. The van der Waals surface area contributed by atoms with E-state index in [1.54, 1.807) is 0 Å². The molecule has 0 aromatic heterocycles. The highest BCUT2D eigenvalue weighted by Gasteiger charge is 2.04. The summed E-state index contributed by atoms with van der Waals surface area (Å²) in [4.78, 5) is 0. The molecule has 0 saturated carbocycles. The highest BCUT2D eigenvalue weighted by molar-refractivity contribution is 5.86. The van der Waals surface area contributed by atoms with Gasteiger partial charge in [-0.3, -0.25) is 0 Å². The van der Waals surface area contributed by atoms with Gasteiger partial charge >= 0.3 is 0 Å². The third-order valence-corrected chi connectivity index (χ3v) is 2.23. The lowest BCUT2D eigenvalue weighted by Crippen LogP contribution is -2.09. The van der Waals surface area contributed by atoms with Crippen molar-refractivity contribution >= 4 is 61.0 Å². The Balaban J connectivity index is -0.000000245. The van der Waals surface area contributed by atoms with Crippen LogP contribution in [0, 0.1) is 0 Å². The maximum absolute atomic E-state index is 5.85. The molecule has 0 aliphatic heterocycles. The van der Waals surface area contributed by atoms with Crippen molar-refractivity contribution in [1.82, 2.24) is 0 Å². The number of hydrogen-bond acceptors (Lipinski definition) is 4. The SMILES string of the molecule is Cl.Cl.Cl.Cl.NCCc1cc(N)c(CCN)cc1N. The number of rotatable bonds is 4. The van der Waals surface area contributed by atoms with Crippen LogP contribution in [0.5, 0.6) is 0 Å². The minimum Gasteiger partial charge on any atom is -0.398 e. The van der Waals surface area contributed by atoms with Gasteiger partial charge in [-0.15, -0.1) is 49.6 Å². The summed E-state index contributed by atoms with van der Waals surface area (Å²) in [6, 6.07) is 3.79. The van der Waals surface area contributed by atoms with Crippen molar-refractivity contribution in [3.63, 3.8) is 0 Å². The van der Waals surface area contributed by atoms with E-state index in [2.05, 4.69) is 0 Å². The van der Waals surface area contributed by atoms with E-state index in [1.165, 1.54) is 0 Å². The van der Waals surface area contributed by atoms with E-state index < -0.39 is 0 Å². The maximum Gasteiger partial charge on any atom is 0.0351 e. The molecule has 4 nitrogen and oxygen atoms in total. The number of halogens is 4. The average molecular weight is 340 g/mol. The third kappa shape index (κ3) is 7.36. The van der Waals surface area contributed by atoms with Gasteiger partial charge in [0, 0.05) is 11.4 Å². The van der Waals surface area contributed by atoms with Crippen LogP contribution in [0.15, 0.2) is 12.1 Å². The van der Waals surface area contributed by atoms with Crippen molar-refractivity contribution in [2.75, 3.05) is 24.6 Å². The lowest BCUT2D eigenvalue weighted by molar-refractivity contribution is 0.954. The molecule has 0 amide bonds. The molecule has 0 atom stereocenters. The normalized spacial score (nSPS) is 8.11. The summed E-state index contributed by atoms with van der Waals surface area (Å²) in [5.74, 6) is 0. The zero-order valence-electron chi connectivity index (χ0n) is 9.93. The summed E-state index contributed by atoms with van der Waals surface area (Å²) in [7, 11) is 0. The molecular formula is C10H22Cl4N4. The largest absolute Gasteiger partial charge is 0.398 e. The predicted octanol–water partition coefficient (Wildman–Crippen LogP) is 1.54. The van der Waals surface area contributed by atoms with Gasteiger partial charge in [-0.25, -0.2) is 0 Å². The van der Waals surface area contributed by atoms with Gasteiger partial charge in [0.1, 0.15) is 0 Å². The first-order chi connectivity index (χ1) is 6.69. The fourth-order valence-electron chi connectivity index (χ4n) is 1.47. The standard InChI is InChI=1S/C10H18N4.4ClH/c11-3-1-7-5-10(14)8(2-4-12)6-9(7)13;;;;/h5-6H,1-4,11-14H2;4*1H. The van der Waals surface area contributed by atoms with Crippen molar-refractivity contribution in [1.29, 1.82) is 0 Å². The fraction of sp³-hybridized carbons (Fsp3) is 0.400. The van der Waals surface area contributed by atoms with Gasteiger partial charge in [-0.2, -0.15) is 0 Å². The molecule has 0 spiro atoms. The topological polar surface area (TPSA) is 104 Å². The minimum absolute atomic E-state index is 0. The second-order valence-electron chi connectivity index (χ2n) is 3.33. The molecular weight excluding hydrogens is 318 g/mol. The van der Waals surface area contributed by atoms with Crippen molar-refractivity contribution in [2.45, 2.75) is 12.8 Å². The van der Waals surface area contributed by atoms with Crippen LogP contribution < -0.4 is 22.9 Å². The second kappa shape index (κ2) is 13.3. The summed E-state index contributed by atoms with van der Waals surface area (Å²) >= 11 is 0. The van der Waals surface area contributed by atoms with Crippen LogP contribution in [-0.2, 0) is 12.8 Å². The number of nitrogens with two attached hydrogens (primary N) is 4. The number of anilines is 2. The van der Waals surface area contributed by atoms with Crippen molar-refractivity contribution in [2.24, 2.45) is 11.5 Å². The molecule has 0 radical (unpaired) electrons. The first-order valence-electron chi connectivity index (χ1n) is 4.76. The summed E-state index contributed by atoms with van der Waals surface area (Å²) < 4.78 is 0. The van der Waals surface area contributed by atoms with E-state index in [4.69, 9.17) is 22.9 Å².